The van der Waals surface area contributed by atoms with Gasteiger partial charge in [0.05, 0.1) is 11.8 Å². The van der Waals surface area contributed by atoms with Gasteiger partial charge in [0.25, 0.3) is 5.91 Å². The number of phenolic OH excluding ortho intramolecular Hbond substituents is 1. The molecule has 110 valence electrons. The molecule has 2 aromatic rings. The number of carbonyl (C=O) groups is 2. The molecular formula is C14H15N3O4. The molecule has 0 spiro atoms. The summed E-state index contributed by atoms with van der Waals surface area (Å²) in [7, 11) is 1.70. The van der Waals surface area contributed by atoms with E-state index < -0.39 is 18.4 Å². The lowest BCUT2D eigenvalue weighted by atomic mass is 10.2. The zero-order chi connectivity index (χ0) is 15.6. The first kappa shape index (κ1) is 14.6. The quantitative estimate of drug-likeness (QED) is 0.880. The zero-order valence-corrected chi connectivity index (χ0v) is 11.6. The molecule has 0 fully saturated rings. The summed E-state index contributed by atoms with van der Waals surface area (Å²) in [6.07, 6.45) is 1.41. The number of phenols is 1. The minimum absolute atomic E-state index is 0.0408. The van der Waals surface area contributed by atoms with Gasteiger partial charge in [-0.05, 0) is 31.2 Å². The van der Waals surface area contributed by atoms with Crippen molar-refractivity contribution >= 4 is 17.6 Å². The minimum Gasteiger partial charge on any atom is -0.508 e. The van der Waals surface area contributed by atoms with Gasteiger partial charge in [-0.2, -0.15) is 5.10 Å². The van der Waals surface area contributed by atoms with E-state index in [9.17, 15) is 14.7 Å². The van der Waals surface area contributed by atoms with Crippen molar-refractivity contribution in [2.75, 3.05) is 11.4 Å². The van der Waals surface area contributed by atoms with E-state index in [0.29, 0.717) is 16.9 Å². The largest absolute Gasteiger partial charge is 0.508 e. The number of aliphatic carboxylic acids is 1. The van der Waals surface area contributed by atoms with E-state index in [1.165, 1.54) is 30.5 Å². The maximum absolute atomic E-state index is 12.5. The molecule has 2 N–H and O–H groups in total. The molecule has 7 nitrogen and oxygen atoms in total. The third kappa shape index (κ3) is 3.02. The van der Waals surface area contributed by atoms with Crippen LogP contribution in [0.15, 0.2) is 30.5 Å². The number of aromatic nitrogens is 2. The normalized spacial score (nSPS) is 10.4. The summed E-state index contributed by atoms with van der Waals surface area (Å²) >= 11 is 0. The fourth-order valence-corrected chi connectivity index (χ4v) is 1.90. The topological polar surface area (TPSA) is 95.7 Å². The lowest BCUT2D eigenvalue weighted by Crippen LogP contribution is -2.36. The number of carboxylic acid groups (broad SMARTS) is 1. The van der Waals surface area contributed by atoms with Crippen molar-refractivity contribution < 1.29 is 19.8 Å². The molecule has 1 heterocycles. The van der Waals surface area contributed by atoms with Gasteiger partial charge in [0.1, 0.15) is 12.3 Å². The Kier molecular flexibility index (Phi) is 3.93. The van der Waals surface area contributed by atoms with Crippen molar-refractivity contribution in [1.29, 1.82) is 0 Å². The number of rotatable bonds is 4. The fraction of sp³-hybridized carbons (Fsp3) is 0.214. The first-order valence-corrected chi connectivity index (χ1v) is 6.21. The van der Waals surface area contributed by atoms with Crippen LogP contribution < -0.4 is 4.90 Å². The molecule has 0 aliphatic heterocycles. The van der Waals surface area contributed by atoms with Crippen LogP contribution in [0.4, 0.5) is 5.69 Å². The van der Waals surface area contributed by atoms with Crippen LogP contribution >= 0.6 is 0 Å². The van der Waals surface area contributed by atoms with Gasteiger partial charge in [-0.3, -0.25) is 19.2 Å². The van der Waals surface area contributed by atoms with E-state index in [-0.39, 0.29) is 5.75 Å². The van der Waals surface area contributed by atoms with Crippen LogP contribution in [-0.4, -0.2) is 38.4 Å². The van der Waals surface area contributed by atoms with Gasteiger partial charge in [0, 0.05) is 18.4 Å². The van der Waals surface area contributed by atoms with Gasteiger partial charge < -0.3 is 10.2 Å². The Morgan fingerprint density at radius 2 is 1.90 bits per heavy atom. The number of benzene rings is 1. The number of hydrogen-bond donors (Lipinski definition) is 2. The Hall–Kier alpha value is -2.83. The number of aromatic hydroxyl groups is 1. The van der Waals surface area contributed by atoms with Crippen LogP contribution in [0.5, 0.6) is 5.75 Å². The highest BCUT2D eigenvalue weighted by Crippen LogP contribution is 2.21. The molecule has 1 aromatic heterocycles. The van der Waals surface area contributed by atoms with Gasteiger partial charge in [-0.15, -0.1) is 0 Å². The SMILES string of the molecule is Cc1c(C(=O)N(CC(=O)O)c2ccc(O)cc2)cnn1C. The summed E-state index contributed by atoms with van der Waals surface area (Å²) in [4.78, 5) is 24.7. The van der Waals surface area contributed by atoms with Gasteiger partial charge >= 0.3 is 5.97 Å². The number of aryl methyl sites for hydroxylation is 1. The molecule has 21 heavy (non-hydrogen) atoms. The lowest BCUT2D eigenvalue weighted by molar-refractivity contribution is -0.135. The molecular weight excluding hydrogens is 274 g/mol. The number of carbonyl (C=O) groups excluding carboxylic acids is 1. The third-order valence-electron chi connectivity index (χ3n) is 3.17. The molecule has 0 radical (unpaired) electrons. The van der Waals surface area contributed by atoms with Crippen LogP contribution in [0.1, 0.15) is 16.1 Å². The van der Waals surface area contributed by atoms with Crippen molar-refractivity contribution in [2.24, 2.45) is 7.05 Å². The summed E-state index contributed by atoms with van der Waals surface area (Å²) in [6, 6.07) is 5.77. The summed E-state index contributed by atoms with van der Waals surface area (Å²) in [5, 5.41) is 22.3. The summed E-state index contributed by atoms with van der Waals surface area (Å²) in [6.45, 7) is 1.26. The zero-order valence-electron chi connectivity index (χ0n) is 11.6. The van der Waals surface area contributed by atoms with Crippen molar-refractivity contribution in [3.8, 4) is 5.75 Å². The highest BCUT2D eigenvalue weighted by atomic mass is 16.4. The first-order valence-electron chi connectivity index (χ1n) is 6.21. The molecule has 0 saturated carbocycles. The number of nitrogens with zero attached hydrogens (tertiary/aromatic N) is 3. The molecule has 0 aliphatic rings. The van der Waals surface area contributed by atoms with Crippen LogP contribution in [0.2, 0.25) is 0 Å². The highest BCUT2D eigenvalue weighted by Gasteiger charge is 2.23. The third-order valence-corrected chi connectivity index (χ3v) is 3.17. The van der Waals surface area contributed by atoms with E-state index >= 15 is 0 Å². The molecule has 0 aliphatic carbocycles. The predicted octanol–water partition coefficient (Wildman–Crippen LogP) is 1.17. The van der Waals surface area contributed by atoms with E-state index in [0.717, 1.165) is 4.90 Å². The van der Waals surface area contributed by atoms with E-state index in [1.54, 1.807) is 18.7 Å². The van der Waals surface area contributed by atoms with Gasteiger partial charge in [-0.25, -0.2) is 0 Å². The predicted molar refractivity (Wildman–Crippen MR) is 75.4 cm³/mol. The second-order valence-corrected chi connectivity index (χ2v) is 4.57. The average Bonchev–Trinajstić information content (AvgIpc) is 2.77. The molecule has 0 unspecified atom stereocenters. The van der Waals surface area contributed by atoms with Crippen LogP contribution in [0.3, 0.4) is 0 Å². The van der Waals surface area contributed by atoms with Crippen molar-refractivity contribution in [1.82, 2.24) is 9.78 Å². The second-order valence-electron chi connectivity index (χ2n) is 4.57. The maximum Gasteiger partial charge on any atom is 0.323 e. The number of carboxylic acids is 1. The van der Waals surface area contributed by atoms with Crippen molar-refractivity contribution in [2.45, 2.75) is 6.92 Å². The molecule has 1 amide bonds. The minimum atomic E-state index is -1.13. The van der Waals surface area contributed by atoms with E-state index in [4.69, 9.17) is 5.11 Å². The molecule has 2 rings (SSSR count). The smallest absolute Gasteiger partial charge is 0.323 e. The Morgan fingerprint density at radius 3 is 2.38 bits per heavy atom. The summed E-state index contributed by atoms with van der Waals surface area (Å²) in [5.41, 5.74) is 1.38. The second kappa shape index (κ2) is 5.66. The van der Waals surface area contributed by atoms with Crippen LogP contribution in [0, 0.1) is 6.92 Å². The standard InChI is InChI=1S/C14H15N3O4/c1-9-12(7-15-16(9)2)14(21)17(8-13(19)20)10-3-5-11(18)6-4-10/h3-7,18H,8H2,1-2H3,(H,19,20). The van der Waals surface area contributed by atoms with Gasteiger partial charge in [0.2, 0.25) is 0 Å². The molecule has 0 bridgehead atoms. The Morgan fingerprint density at radius 1 is 1.29 bits per heavy atom. The van der Waals surface area contributed by atoms with Crippen LogP contribution in [-0.2, 0) is 11.8 Å². The number of anilines is 1. The van der Waals surface area contributed by atoms with Crippen molar-refractivity contribution in [3.05, 3.63) is 41.7 Å². The Labute approximate surface area is 121 Å². The van der Waals surface area contributed by atoms with Crippen LogP contribution in [0.25, 0.3) is 0 Å². The summed E-state index contributed by atoms with van der Waals surface area (Å²) < 4.78 is 1.54. The molecule has 0 saturated heterocycles. The lowest BCUT2D eigenvalue weighted by Gasteiger charge is -2.20. The fourth-order valence-electron chi connectivity index (χ4n) is 1.90. The number of hydrogen-bond acceptors (Lipinski definition) is 4. The first-order chi connectivity index (χ1) is 9.90. The van der Waals surface area contributed by atoms with E-state index in [1.807, 2.05) is 0 Å². The van der Waals surface area contributed by atoms with Gasteiger partial charge in [0.15, 0.2) is 0 Å². The Bertz CT molecular complexity index is 676. The monoisotopic (exact) mass is 289 g/mol. The summed E-state index contributed by atoms with van der Waals surface area (Å²) in [5.74, 6) is -1.54. The highest BCUT2D eigenvalue weighted by molar-refractivity contribution is 6.08. The van der Waals surface area contributed by atoms with Gasteiger partial charge in [-0.1, -0.05) is 0 Å². The Balaban J connectivity index is 2.40. The maximum atomic E-state index is 12.5. The average molecular weight is 289 g/mol. The van der Waals surface area contributed by atoms with E-state index in [2.05, 4.69) is 5.10 Å². The molecule has 0 atom stereocenters. The van der Waals surface area contributed by atoms with Crippen molar-refractivity contribution in [3.63, 3.8) is 0 Å². The molecule has 1 aromatic carbocycles. The molecule has 7 heteroatoms. The number of amides is 1.